The van der Waals surface area contributed by atoms with Crippen molar-refractivity contribution in [3.63, 3.8) is 0 Å². The lowest BCUT2D eigenvalue weighted by atomic mass is 9.77. The van der Waals surface area contributed by atoms with Crippen molar-refractivity contribution >= 4 is 5.78 Å². The van der Waals surface area contributed by atoms with Gasteiger partial charge in [0.05, 0.1) is 0 Å². The molecule has 1 atom stereocenters. The predicted molar refractivity (Wildman–Crippen MR) is 68.7 cm³/mol. The van der Waals surface area contributed by atoms with Crippen LogP contribution in [0, 0.1) is 12.8 Å². The van der Waals surface area contributed by atoms with Crippen molar-refractivity contribution in [2.45, 2.75) is 46.5 Å². The molecule has 0 saturated heterocycles. The summed E-state index contributed by atoms with van der Waals surface area (Å²) >= 11 is 0. The molecule has 17 heavy (non-hydrogen) atoms. The molecular formula is C15H20O2. The van der Waals surface area contributed by atoms with E-state index in [0.717, 1.165) is 35.1 Å². The molecule has 2 rings (SSSR count). The maximum Gasteiger partial charge on any atom is 0.166 e. The van der Waals surface area contributed by atoms with E-state index in [1.165, 1.54) is 0 Å². The third kappa shape index (κ3) is 1.86. The van der Waals surface area contributed by atoms with Gasteiger partial charge in [0.25, 0.3) is 0 Å². The van der Waals surface area contributed by atoms with Gasteiger partial charge < -0.3 is 5.11 Å². The molecular weight excluding hydrogens is 212 g/mol. The summed E-state index contributed by atoms with van der Waals surface area (Å²) in [6.45, 7) is 8.01. The molecule has 0 fully saturated rings. The highest BCUT2D eigenvalue weighted by Crippen LogP contribution is 2.38. The molecule has 2 nitrogen and oxygen atoms in total. The Hall–Kier alpha value is -1.31. The van der Waals surface area contributed by atoms with E-state index in [1.807, 2.05) is 27.7 Å². The maximum atomic E-state index is 12.3. The van der Waals surface area contributed by atoms with Crippen LogP contribution in [-0.4, -0.2) is 10.9 Å². The average molecular weight is 232 g/mol. The summed E-state index contributed by atoms with van der Waals surface area (Å²) < 4.78 is 0. The first-order chi connectivity index (χ1) is 7.93. The molecule has 1 aromatic rings. The molecule has 1 aliphatic carbocycles. The van der Waals surface area contributed by atoms with Gasteiger partial charge in [-0.15, -0.1) is 0 Å². The average Bonchev–Trinajstić information content (AvgIpc) is 2.23. The number of benzene rings is 1. The summed E-state index contributed by atoms with van der Waals surface area (Å²) in [6.07, 6.45) is 1.88. The fraction of sp³-hybridized carbons (Fsp3) is 0.533. The van der Waals surface area contributed by atoms with Crippen LogP contribution >= 0.6 is 0 Å². The highest BCUT2D eigenvalue weighted by atomic mass is 16.3. The third-order valence-electron chi connectivity index (χ3n) is 3.77. The highest BCUT2D eigenvalue weighted by Gasteiger charge is 2.30. The van der Waals surface area contributed by atoms with E-state index in [2.05, 4.69) is 0 Å². The zero-order chi connectivity index (χ0) is 12.7. The Morgan fingerprint density at radius 2 is 2.06 bits per heavy atom. The second-order valence-corrected chi connectivity index (χ2v) is 5.44. The second-order valence-electron chi connectivity index (χ2n) is 5.44. The van der Waals surface area contributed by atoms with Crippen LogP contribution in [-0.2, 0) is 6.42 Å². The van der Waals surface area contributed by atoms with Crippen molar-refractivity contribution in [2.24, 2.45) is 5.92 Å². The number of hydrogen-bond donors (Lipinski definition) is 1. The van der Waals surface area contributed by atoms with E-state index >= 15 is 0 Å². The highest BCUT2D eigenvalue weighted by molar-refractivity contribution is 6.02. The molecule has 92 valence electrons. The van der Waals surface area contributed by atoms with Crippen LogP contribution in [0.4, 0.5) is 0 Å². The molecule has 0 bridgehead atoms. The van der Waals surface area contributed by atoms with E-state index in [9.17, 15) is 9.90 Å². The summed E-state index contributed by atoms with van der Waals surface area (Å²) in [5, 5.41) is 10.1. The van der Waals surface area contributed by atoms with Crippen LogP contribution < -0.4 is 0 Å². The molecule has 0 aliphatic heterocycles. The molecule has 0 radical (unpaired) electrons. The number of rotatable bonds is 1. The van der Waals surface area contributed by atoms with Crippen molar-refractivity contribution in [1.29, 1.82) is 0 Å². The van der Waals surface area contributed by atoms with Crippen LogP contribution in [0.1, 0.15) is 60.2 Å². The smallest absolute Gasteiger partial charge is 0.166 e. The largest absolute Gasteiger partial charge is 0.508 e. The molecule has 1 N–H and O–H groups in total. The lowest BCUT2D eigenvalue weighted by Gasteiger charge is -2.26. The summed E-state index contributed by atoms with van der Waals surface area (Å²) in [5.74, 6) is 0.743. The number of aryl methyl sites for hydroxylation is 1. The fourth-order valence-corrected chi connectivity index (χ4v) is 2.78. The number of hydrogen-bond acceptors (Lipinski definition) is 2. The summed E-state index contributed by atoms with van der Waals surface area (Å²) in [6, 6.07) is 1.80. The predicted octanol–water partition coefficient (Wildman–Crippen LogP) is 3.59. The van der Waals surface area contributed by atoms with E-state index in [1.54, 1.807) is 6.07 Å². The molecule has 2 heteroatoms. The van der Waals surface area contributed by atoms with Crippen molar-refractivity contribution < 1.29 is 9.90 Å². The van der Waals surface area contributed by atoms with Gasteiger partial charge in [0, 0.05) is 17.0 Å². The zero-order valence-corrected chi connectivity index (χ0v) is 11.0. The number of ketones is 1. The minimum atomic E-state index is 0.0844. The van der Waals surface area contributed by atoms with Crippen molar-refractivity contribution in [2.75, 3.05) is 0 Å². The van der Waals surface area contributed by atoms with Crippen LogP contribution in [0.5, 0.6) is 5.75 Å². The maximum absolute atomic E-state index is 12.3. The molecule has 0 spiro atoms. The van der Waals surface area contributed by atoms with E-state index in [-0.39, 0.29) is 23.4 Å². The van der Waals surface area contributed by atoms with Crippen molar-refractivity contribution in [1.82, 2.24) is 0 Å². The number of carbonyl (C=O) groups is 1. The minimum Gasteiger partial charge on any atom is -0.508 e. The summed E-state index contributed by atoms with van der Waals surface area (Å²) in [5.41, 5.74) is 3.83. The Bertz CT molecular complexity index is 472. The van der Waals surface area contributed by atoms with Gasteiger partial charge in [-0.05, 0) is 42.9 Å². The molecule has 0 saturated carbocycles. The number of aromatic hydroxyl groups is 1. The Kier molecular flexibility index (Phi) is 2.98. The van der Waals surface area contributed by atoms with Gasteiger partial charge >= 0.3 is 0 Å². The van der Waals surface area contributed by atoms with Crippen LogP contribution in [0.3, 0.4) is 0 Å². The molecule has 1 aromatic carbocycles. The Morgan fingerprint density at radius 1 is 1.41 bits per heavy atom. The SMILES string of the molecule is Cc1cc(O)c(C(C)C)c2c1CCC(C)C2=O. The topological polar surface area (TPSA) is 37.3 Å². The van der Waals surface area contributed by atoms with Crippen molar-refractivity contribution in [3.8, 4) is 5.75 Å². The van der Waals surface area contributed by atoms with Crippen LogP contribution in [0.2, 0.25) is 0 Å². The number of phenols is 1. The zero-order valence-electron chi connectivity index (χ0n) is 11.0. The van der Waals surface area contributed by atoms with Crippen molar-refractivity contribution in [3.05, 3.63) is 28.3 Å². The van der Waals surface area contributed by atoms with E-state index in [0.29, 0.717) is 0 Å². The van der Waals surface area contributed by atoms with E-state index in [4.69, 9.17) is 0 Å². The van der Waals surface area contributed by atoms with E-state index < -0.39 is 0 Å². The molecule has 0 amide bonds. The number of phenolic OH excluding ortho intramolecular Hbond substituents is 1. The van der Waals surface area contributed by atoms with Gasteiger partial charge in [0.15, 0.2) is 5.78 Å². The van der Waals surface area contributed by atoms with Gasteiger partial charge in [-0.2, -0.15) is 0 Å². The quantitative estimate of drug-likeness (QED) is 0.803. The molecule has 0 aromatic heterocycles. The summed E-state index contributed by atoms with van der Waals surface area (Å²) in [7, 11) is 0. The first-order valence-corrected chi connectivity index (χ1v) is 6.33. The Balaban J connectivity index is 2.74. The lowest BCUT2D eigenvalue weighted by Crippen LogP contribution is -2.23. The second kappa shape index (κ2) is 4.17. The van der Waals surface area contributed by atoms with Gasteiger partial charge in [0.2, 0.25) is 0 Å². The minimum absolute atomic E-state index is 0.0844. The normalized spacial score (nSPS) is 19.6. The monoisotopic (exact) mass is 232 g/mol. The van der Waals surface area contributed by atoms with Gasteiger partial charge in [0.1, 0.15) is 5.75 Å². The lowest BCUT2D eigenvalue weighted by molar-refractivity contribution is 0.0911. The van der Waals surface area contributed by atoms with Gasteiger partial charge in [-0.1, -0.05) is 20.8 Å². The fourth-order valence-electron chi connectivity index (χ4n) is 2.78. The van der Waals surface area contributed by atoms with Gasteiger partial charge in [-0.25, -0.2) is 0 Å². The third-order valence-corrected chi connectivity index (χ3v) is 3.77. The molecule has 0 heterocycles. The number of fused-ring (bicyclic) bond motifs is 1. The molecule has 1 unspecified atom stereocenters. The van der Waals surface area contributed by atoms with Crippen LogP contribution in [0.15, 0.2) is 6.07 Å². The molecule has 1 aliphatic rings. The summed E-state index contributed by atoms with van der Waals surface area (Å²) in [4.78, 5) is 12.3. The Labute approximate surface area is 103 Å². The van der Waals surface area contributed by atoms with Crippen LogP contribution in [0.25, 0.3) is 0 Å². The first kappa shape index (κ1) is 12.2. The van der Waals surface area contributed by atoms with Gasteiger partial charge in [-0.3, -0.25) is 4.79 Å². The number of Topliss-reactive ketones (excluding diaryl/α,β-unsaturated/α-hetero) is 1. The Morgan fingerprint density at radius 3 is 2.65 bits per heavy atom. The standard InChI is InChI=1S/C15H20O2/c1-8(2)13-12(16)7-10(4)11-6-5-9(3)15(17)14(11)13/h7-9,16H,5-6H2,1-4H3. The number of carbonyl (C=O) groups excluding carboxylic acids is 1. The first-order valence-electron chi connectivity index (χ1n) is 6.33.